The summed E-state index contributed by atoms with van der Waals surface area (Å²) in [5, 5.41) is 19.5. The number of hydrogen-bond acceptors (Lipinski definition) is 6. The summed E-state index contributed by atoms with van der Waals surface area (Å²) < 4.78 is 1.93. The fourth-order valence-corrected chi connectivity index (χ4v) is 2.95. The first-order valence-corrected chi connectivity index (χ1v) is 7.51. The van der Waals surface area contributed by atoms with Gasteiger partial charge in [0, 0.05) is 10.9 Å². The predicted molar refractivity (Wildman–Crippen MR) is 74.5 cm³/mol. The number of carboxylic acid groups (broad SMARTS) is 1. The normalized spacial score (nSPS) is 11.7. The lowest BCUT2D eigenvalue weighted by atomic mass is 10.1. The predicted octanol–water partition coefficient (Wildman–Crippen LogP) is 2.33. The number of thiazole rings is 1. The minimum absolute atomic E-state index is 0.0364. The smallest absolute Gasteiger partial charge is 0.313 e. The number of rotatable bonds is 4. The molecule has 2 aromatic rings. The van der Waals surface area contributed by atoms with Crippen molar-refractivity contribution in [3.8, 4) is 11.5 Å². The lowest BCUT2D eigenvalue weighted by molar-refractivity contribution is -0.133. The maximum Gasteiger partial charge on any atom is 0.313 e. The Bertz CT molecular complexity index is 572. The molecule has 0 atom stereocenters. The Hall–Kier alpha value is -1.41. The quantitative estimate of drug-likeness (QED) is 0.873. The monoisotopic (exact) mass is 298 g/mol. The van der Waals surface area contributed by atoms with Gasteiger partial charge in [-0.15, -0.1) is 21.5 Å². The highest BCUT2D eigenvalue weighted by Gasteiger charge is 2.25. The number of thioether (sulfide) groups is 1. The number of aromatic nitrogens is 4. The Balaban J connectivity index is 2.43. The highest BCUT2D eigenvalue weighted by atomic mass is 32.2. The van der Waals surface area contributed by atoms with Crippen molar-refractivity contribution in [1.82, 2.24) is 19.7 Å². The molecule has 6 nitrogen and oxygen atoms in total. The van der Waals surface area contributed by atoms with Crippen molar-refractivity contribution in [3.05, 3.63) is 10.9 Å². The SMILES string of the molecule is CC(C)(C)n1c(SCC(=O)O)nnc1-c1cscn1. The molecule has 0 unspecified atom stereocenters. The van der Waals surface area contributed by atoms with Crippen LogP contribution < -0.4 is 0 Å². The van der Waals surface area contributed by atoms with E-state index in [1.54, 1.807) is 5.51 Å². The van der Waals surface area contributed by atoms with Gasteiger partial charge in [0.05, 0.1) is 11.3 Å². The van der Waals surface area contributed by atoms with Gasteiger partial charge in [-0.25, -0.2) is 4.98 Å². The highest BCUT2D eigenvalue weighted by molar-refractivity contribution is 7.99. The average Bonchev–Trinajstić information content (AvgIpc) is 2.93. The summed E-state index contributed by atoms with van der Waals surface area (Å²) in [4.78, 5) is 14.9. The minimum atomic E-state index is -0.872. The topological polar surface area (TPSA) is 80.9 Å². The molecule has 1 N–H and O–H groups in total. The van der Waals surface area contributed by atoms with Gasteiger partial charge < -0.3 is 5.11 Å². The van der Waals surface area contributed by atoms with Crippen LogP contribution in [0.5, 0.6) is 0 Å². The first kappa shape index (κ1) is 14.0. The molecule has 0 aliphatic carbocycles. The van der Waals surface area contributed by atoms with Gasteiger partial charge in [-0.2, -0.15) is 0 Å². The third kappa shape index (κ3) is 3.13. The summed E-state index contributed by atoms with van der Waals surface area (Å²) in [7, 11) is 0. The van der Waals surface area contributed by atoms with Gasteiger partial charge in [-0.3, -0.25) is 9.36 Å². The van der Waals surface area contributed by atoms with E-state index in [2.05, 4.69) is 15.2 Å². The van der Waals surface area contributed by atoms with Crippen molar-refractivity contribution >= 4 is 29.1 Å². The van der Waals surface area contributed by atoms with Crippen LogP contribution >= 0.6 is 23.1 Å². The molecule has 0 amide bonds. The van der Waals surface area contributed by atoms with Crippen LogP contribution in [0.15, 0.2) is 16.0 Å². The van der Waals surface area contributed by atoms with Gasteiger partial charge in [0.2, 0.25) is 0 Å². The lowest BCUT2D eigenvalue weighted by Gasteiger charge is -2.24. The van der Waals surface area contributed by atoms with E-state index in [-0.39, 0.29) is 11.3 Å². The van der Waals surface area contributed by atoms with Crippen LogP contribution in [-0.2, 0) is 10.3 Å². The lowest BCUT2D eigenvalue weighted by Crippen LogP contribution is -2.24. The zero-order valence-electron chi connectivity index (χ0n) is 10.8. The number of carbonyl (C=O) groups is 1. The van der Waals surface area contributed by atoms with Crippen molar-refractivity contribution in [2.75, 3.05) is 5.75 Å². The largest absolute Gasteiger partial charge is 0.481 e. The molecule has 0 bridgehead atoms. The standard InChI is InChI=1S/C11H14N4O2S2/c1-11(2,3)15-9(7-4-18-6-12-7)13-14-10(15)19-5-8(16)17/h4,6H,5H2,1-3H3,(H,16,17). The minimum Gasteiger partial charge on any atom is -0.481 e. The summed E-state index contributed by atoms with van der Waals surface area (Å²) in [6, 6.07) is 0. The second-order valence-corrected chi connectivity index (χ2v) is 6.53. The number of nitrogens with zero attached hydrogens (tertiary/aromatic N) is 4. The van der Waals surface area contributed by atoms with E-state index < -0.39 is 5.97 Å². The zero-order valence-corrected chi connectivity index (χ0v) is 12.5. The van der Waals surface area contributed by atoms with Crippen LogP contribution in [0, 0.1) is 0 Å². The van der Waals surface area contributed by atoms with E-state index in [1.807, 2.05) is 30.7 Å². The Kier molecular flexibility index (Phi) is 3.91. The van der Waals surface area contributed by atoms with Crippen LogP contribution in [0.1, 0.15) is 20.8 Å². The van der Waals surface area contributed by atoms with Crippen LogP contribution in [0.3, 0.4) is 0 Å². The van der Waals surface area contributed by atoms with Gasteiger partial charge in [0.25, 0.3) is 0 Å². The maximum atomic E-state index is 10.7. The van der Waals surface area contributed by atoms with Crippen LogP contribution in [0.25, 0.3) is 11.5 Å². The summed E-state index contributed by atoms with van der Waals surface area (Å²) in [6.45, 7) is 6.07. The van der Waals surface area contributed by atoms with Crippen molar-refractivity contribution < 1.29 is 9.90 Å². The molecule has 2 heterocycles. The Labute approximate surface area is 118 Å². The number of carboxylic acids is 1. The maximum absolute atomic E-state index is 10.7. The highest BCUT2D eigenvalue weighted by Crippen LogP contribution is 2.30. The second-order valence-electron chi connectivity index (χ2n) is 4.87. The Morgan fingerprint density at radius 3 is 2.74 bits per heavy atom. The third-order valence-electron chi connectivity index (χ3n) is 2.29. The van der Waals surface area contributed by atoms with Gasteiger partial charge in [-0.05, 0) is 20.8 Å². The molecule has 0 fully saturated rings. The first-order valence-electron chi connectivity index (χ1n) is 5.58. The summed E-state index contributed by atoms with van der Waals surface area (Å²) >= 11 is 2.65. The second kappa shape index (κ2) is 5.30. The van der Waals surface area contributed by atoms with Gasteiger partial charge in [0.1, 0.15) is 5.69 Å². The molecule has 0 saturated carbocycles. The molecule has 2 rings (SSSR count). The fraction of sp³-hybridized carbons (Fsp3) is 0.455. The van der Waals surface area contributed by atoms with E-state index >= 15 is 0 Å². The van der Waals surface area contributed by atoms with E-state index in [4.69, 9.17) is 5.11 Å². The Morgan fingerprint density at radius 2 is 2.21 bits per heavy atom. The Morgan fingerprint density at radius 1 is 1.47 bits per heavy atom. The molecular formula is C11H14N4O2S2. The molecule has 19 heavy (non-hydrogen) atoms. The number of aliphatic carboxylic acids is 1. The summed E-state index contributed by atoms with van der Waals surface area (Å²) in [5.41, 5.74) is 2.25. The molecular weight excluding hydrogens is 284 g/mol. The van der Waals surface area contributed by atoms with E-state index in [0.29, 0.717) is 11.0 Å². The molecule has 0 aliphatic heterocycles. The molecule has 0 spiro atoms. The van der Waals surface area contributed by atoms with Crippen LogP contribution in [0.2, 0.25) is 0 Å². The van der Waals surface area contributed by atoms with Crippen LogP contribution in [-0.4, -0.2) is 36.6 Å². The summed E-state index contributed by atoms with van der Waals surface area (Å²) in [5.74, 6) is -0.240. The molecule has 0 radical (unpaired) electrons. The van der Waals surface area contributed by atoms with Crippen molar-refractivity contribution in [2.45, 2.75) is 31.5 Å². The van der Waals surface area contributed by atoms with E-state index in [0.717, 1.165) is 5.69 Å². The molecule has 0 aliphatic rings. The fourth-order valence-electron chi connectivity index (χ4n) is 1.58. The molecule has 102 valence electrons. The van der Waals surface area contributed by atoms with Crippen LogP contribution in [0.4, 0.5) is 0 Å². The van der Waals surface area contributed by atoms with Gasteiger partial charge >= 0.3 is 5.97 Å². The van der Waals surface area contributed by atoms with Gasteiger partial charge in [0.15, 0.2) is 11.0 Å². The molecule has 2 aromatic heterocycles. The van der Waals surface area contributed by atoms with E-state index in [9.17, 15) is 4.79 Å². The van der Waals surface area contributed by atoms with Crippen molar-refractivity contribution in [3.63, 3.8) is 0 Å². The van der Waals surface area contributed by atoms with Gasteiger partial charge in [-0.1, -0.05) is 11.8 Å². The third-order valence-corrected chi connectivity index (χ3v) is 3.79. The van der Waals surface area contributed by atoms with E-state index in [1.165, 1.54) is 23.1 Å². The zero-order chi connectivity index (χ0) is 14.0. The molecule has 8 heteroatoms. The summed E-state index contributed by atoms with van der Waals surface area (Å²) in [6.07, 6.45) is 0. The molecule has 0 saturated heterocycles. The molecule has 0 aromatic carbocycles. The first-order chi connectivity index (χ1) is 8.89. The van der Waals surface area contributed by atoms with Crippen molar-refractivity contribution in [1.29, 1.82) is 0 Å². The number of hydrogen-bond donors (Lipinski definition) is 1. The average molecular weight is 298 g/mol. The van der Waals surface area contributed by atoms with Crippen molar-refractivity contribution in [2.24, 2.45) is 0 Å².